The zero-order chi connectivity index (χ0) is 26.3. The molecular formula is C22H32O14. The number of carbonyl (C=O) groups excluding carboxylic acids is 1. The van der Waals surface area contributed by atoms with Gasteiger partial charge in [0.25, 0.3) is 0 Å². The first kappa shape index (κ1) is 27.3. The molecule has 3 aliphatic heterocycles. The Kier molecular flexibility index (Phi) is 8.33. The van der Waals surface area contributed by atoms with Crippen LogP contribution in [0.2, 0.25) is 0 Å². The van der Waals surface area contributed by atoms with Gasteiger partial charge < -0.3 is 64.5 Å². The van der Waals surface area contributed by atoms with Crippen LogP contribution >= 0.6 is 0 Å². The fourth-order valence-corrected chi connectivity index (χ4v) is 4.98. The molecule has 1 saturated carbocycles. The standard InChI is InChI=1S/C22H32O14/c1-7-2-3-8-9(19(31)35-21-17(29)15(27)13(25)10(4-23)33-21)6-32-20(12(7)8)36-22-18(30)16(28)14(26)11(5-24)34-22/h6,8,10-18,20-30H,1-5H2/t8-,10-,11-,12+,13-,14-,15+,16+,17-,18-,20+,21+,22+/m1/s1. The van der Waals surface area contributed by atoms with Crippen molar-refractivity contribution in [3.05, 3.63) is 24.0 Å². The van der Waals surface area contributed by atoms with Crippen molar-refractivity contribution in [2.75, 3.05) is 13.2 Å². The molecule has 3 heterocycles. The first-order valence-corrected chi connectivity index (χ1v) is 11.6. The second-order valence-corrected chi connectivity index (χ2v) is 9.34. The topological polar surface area (TPSA) is 225 Å². The first-order chi connectivity index (χ1) is 17.1. The number of esters is 1. The molecular weight excluding hydrogens is 488 g/mol. The van der Waals surface area contributed by atoms with E-state index in [2.05, 4.69) is 6.58 Å². The second-order valence-electron chi connectivity index (χ2n) is 9.34. The van der Waals surface area contributed by atoms with E-state index in [1.54, 1.807) is 0 Å². The lowest BCUT2D eigenvalue weighted by atomic mass is 9.85. The van der Waals surface area contributed by atoms with Gasteiger partial charge in [-0.3, -0.25) is 0 Å². The average Bonchev–Trinajstić information content (AvgIpc) is 3.26. The van der Waals surface area contributed by atoms with Crippen molar-refractivity contribution < 1.29 is 69.3 Å². The van der Waals surface area contributed by atoms with Crippen LogP contribution in [0.3, 0.4) is 0 Å². The van der Waals surface area contributed by atoms with E-state index in [1.165, 1.54) is 0 Å². The molecule has 2 saturated heterocycles. The molecule has 0 aromatic carbocycles. The predicted molar refractivity (Wildman–Crippen MR) is 113 cm³/mol. The van der Waals surface area contributed by atoms with Gasteiger partial charge in [-0.2, -0.15) is 0 Å². The molecule has 0 spiro atoms. The minimum Gasteiger partial charge on any atom is -0.471 e. The fourth-order valence-electron chi connectivity index (χ4n) is 4.98. The fraction of sp³-hybridized carbons (Fsp3) is 0.773. The molecule has 13 atom stereocenters. The molecule has 0 aromatic heterocycles. The Morgan fingerprint density at radius 2 is 1.42 bits per heavy atom. The maximum atomic E-state index is 13.0. The number of aliphatic hydroxyl groups excluding tert-OH is 8. The molecule has 0 bridgehead atoms. The van der Waals surface area contributed by atoms with Crippen LogP contribution in [0.1, 0.15) is 12.8 Å². The highest BCUT2D eigenvalue weighted by Gasteiger charge is 2.51. The molecule has 4 aliphatic rings. The van der Waals surface area contributed by atoms with Crippen LogP contribution in [0.25, 0.3) is 0 Å². The summed E-state index contributed by atoms with van der Waals surface area (Å²) in [6.45, 7) is 2.67. The average molecular weight is 520 g/mol. The number of aliphatic hydroxyl groups is 8. The highest BCUT2D eigenvalue weighted by molar-refractivity contribution is 5.89. The molecule has 0 amide bonds. The van der Waals surface area contributed by atoms with Crippen LogP contribution in [0.4, 0.5) is 0 Å². The molecule has 0 unspecified atom stereocenters. The molecule has 8 N–H and O–H groups in total. The van der Waals surface area contributed by atoms with E-state index >= 15 is 0 Å². The van der Waals surface area contributed by atoms with Gasteiger partial charge in [0, 0.05) is 11.8 Å². The normalized spacial score (nSPS) is 47.1. The summed E-state index contributed by atoms with van der Waals surface area (Å²) in [5, 5.41) is 78.9. The summed E-state index contributed by atoms with van der Waals surface area (Å²) in [5.74, 6) is -2.05. The smallest absolute Gasteiger partial charge is 0.339 e. The van der Waals surface area contributed by atoms with Gasteiger partial charge in [0.2, 0.25) is 12.6 Å². The Balaban J connectivity index is 1.47. The molecule has 14 nitrogen and oxygen atoms in total. The molecule has 0 radical (unpaired) electrons. The highest BCUT2D eigenvalue weighted by Crippen LogP contribution is 2.47. The van der Waals surface area contributed by atoms with Gasteiger partial charge in [-0.05, 0) is 12.8 Å². The lowest BCUT2D eigenvalue weighted by Gasteiger charge is -2.43. The zero-order valence-corrected chi connectivity index (χ0v) is 19.1. The van der Waals surface area contributed by atoms with Gasteiger partial charge in [-0.15, -0.1) is 0 Å². The van der Waals surface area contributed by atoms with Gasteiger partial charge in [0.1, 0.15) is 48.8 Å². The molecule has 3 fully saturated rings. The van der Waals surface area contributed by atoms with Crippen molar-refractivity contribution in [3.8, 4) is 0 Å². The molecule has 204 valence electrons. The number of carbonyl (C=O) groups is 1. The minimum absolute atomic E-state index is 0.0595. The van der Waals surface area contributed by atoms with Crippen molar-refractivity contribution in [2.45, 2.75) is 80.5 Å². The van der Waals surface area contributed by atoms with Gasteiger partial charge >= 0.3 is 5.97 Å². The minimum atomic E-state index is -1.77. The van der Waals surface area contributed by atoms with Gasteiger partial charge in [0.15, 0.2) is 6.29 Å². The summed E-state index contributed by atoms with van der Waals surface area (Å²) in [6.07, 6.45) is -14.6. The van der Waals surface area contributed by atoms with Crippen LogP contribution in [0.5, 0.6) is 0 Å². The summed E-state index contributed by atoms with van der Waals surface area (Å²) in [4.78, 5) is 13.0. The SMILES string of the molecule is C=C1CC[C@@H]2C(C(=O)O[C@@H]3O[C@H](CO)[C@@H](O)[C@H](O)[C@H]3O)=CO[C@@H](O[C@@H]3O[C@H](CO)[C@@H](O)[C@H](O)[C@H]3O)[C@@H]12. The first-order valence-electron chi connectivity index (χ1n) is 11.6. The van der Waals surface area contributed by atoms with E-state index in [4.69, 9.17) is 23.7 Å². The molecule has 0 aromatic rings. The maximum absolute atomic E-state index is 13.0. The molecule has 14 heteroatoms. The highest BCUT2D eigenvalue weighted by atomic mass is 16.8. The predicted octanol–water partition coefficient (Wildman–Crippen LogP) is -4.03. The van der Waals surface area contributed by atoms with Crippen molar-refractivity contribution >= 4 is 5.97 Å². The van der Waals surface area contributed by atoms with Gasteiger partial charge in [-0.1, -0.05) is 12.2 Å². The molecule has 36 heavy (non-hydrogen) atoms. The van der Waals surface area contributed by atoms with Crippen molar-refractivity contribution in [1.29, 1.82) is 0 Å². The van der Waals surface area contributed by atoms with Crippen molar-refractivity contribution in [3.63, 3.8) is 0 Å². The number of hydrogen-bond donors (Lipinski definition) is 8. The Hall–Kier alpha value is -1.69. The Morgan fingerprint density at radius 1 is 0.861 bits per heavy atom. The van der Waals surface area contributed by atoms with E-state index in [-0.39, 0.29) is 5.57 Å². The van der Waals surface area contributed by atoms with E-state index < -0.39 is 98.7 Å². The Morgan fingerprint density at radius 3 is 2.00 bits per heavy atom. The van der Waals surface area contributed by atoms with Crippen molar-refractivity contribution in [1.82, 2.24) is 0 Å². The largest absolute Gasteiger partial charge is 0.471 e. The lowest BCUT2D eigenvalue weighted by molar-refractivity contribution is -0.339. The number of fused-ring (bicyclic) bond motifs is 1. The zero-order valence-electron chi connectivity index (χ0n) is 19.1. The summed E-state index contributed by atoms with van der Waals surface area (Å²) >= 11 is 0. The quantitative estimate of drug-likeness (QED) is 0.123. The molecule has 1 aliphatic carbocycles. The Bertz CT molecular complexity index is 845. The van der Waals surface area contributed by atoms with E-state index in [0.717, 1.165) is 6.26 Å². The van der Waals surface area contributed by atoms with Crippen LogP contribution in [0.15, 0.2) is 24.0 Å². The number of hydrogen-bond acceptors (Lipinski definition) is 14. The summed E-state index contributed by atoms with van der Waals surface area (Å²) in [5.41, 5.74) is 0.727. The Labute approximate surface area is 205 Å². The van der Waals surface area contributed by atoms with E-state index in [9.17, 15) is 45.6 Å². The summed E-state index contributed by atoms with van der Waals surface area (Å²) in [7, 11) is 0. The monoisotopic (exact) mass is 520 g/mol. The van der Waals surface area contributed by atoms with Gasteiger partial charge in [0.05, 0.1) is 25.0 Å². The lowest BCUT2D eigenvalue weighted by Crippen LogP contribution is -2.60. The van der Waals surface area contributed by atoms with Crippen molar-refractivity contribution in [2.24, 2.45) is 11.8 Å². The summed E-state index contributed by atoms with van der Waals surface area (Å²) < 4.78 is 27.2. The summed E-state index contributed by atoms with van der Waals surface area (Å²) in [6, 6.07) is 0. The number of ether oxygens (including phenoxy) is 5. The number of rotatable bonds is 6. The maximum Gasteiger partial charge on any atom is 0.339 e. The van der Waals surface area contributed by atoms with Crippen LogP contribution in [-0.2, 0) is 28.5 Å². The third-order valence-corrected chi connectivity index (χ3v) is 7.13. The second kappa shape index (κ2) is 11.0. The third-order valence-electron chi connectivity index (χ3n) is 7.13. The third kappa shape index (κ3) is 4.91. The van der Waals surface area contributed by atoms with Crippen LogP contribution in [0, 0.1) is 11.8 Å². The molecule has 4 rings (SSSR count). The van der Waals surface area contributed by atoms with Gasteiger partial charge in [-0.25, -0.2) is 4.79 Å². The van der Waals surface area contributed by atoms with Crippen LogP contribution in [-0.4, -0.2) is 128 Å². The van der Waals surface area contributed by atoms with Crippen LogP contribution < -0.4 is 0 Å². The van der Waals surface area contributed by atoms with E-state index in [0.29, 0.717) is 18.4 Å². The van der Waals surface area contributed by atoms with E-state index in [1.807, 2.05) is 0 Å².